The molecule has 2 amide bonds. The molecule has 0 saturated carbocycles. The van der Waals surface area contributed by atoms with Crippen molar-refractivity contribution in [3.63, 3.8) is 0 Å². The number of phenolic OH excluding ortho intramolecular Hbond substituents is 1. The fraction of sp³-hybridized carbons (Fsp3) is 0.0625. The summed E-state index contributed by atoms with van der Waals surface area (Å²) in [5.74, 6) is -0.595. The second-order valence-electron chi connectivity index (χ2n) is 4.43. The normalized spacial score (nSPS) is 10.4. The minimum atomic E-state index is -0.431. The molecule has 0 unspecified atom stereocenters. The summed E-state index contributed by atoms with van der Waals surface area (Å²) in [6, 6.07) is 15.0. The highest BCUT2D eigenvalue weighted by Gasteiger charge is 2.06. The Morgan fingerprint density at radius 1 is 1.05 bits per heavy atom. The van der Waals surface area contributed by atoms with E-state index in [9.17, 15) is 9.59 Å². The molecule has 0 aromatic heterocycles. The fourth-order valence-electron chi connectivity index (χ4n) is 1.63. The first-order chi connectivity index (χ1) is 10.6. The lowest BCUT2D eigenvalue weighted by Gasteiger charge is -2.03. The third-order valence-electron chi connectivity index (χ3n) is 2.74. The van der Waals surface area contributed by atoms with E-state index in [2.05, 4.69) is 15.8 Å². The third-order valence-corrected chi connectivity index (χ3v) is 2.74. The average molecular weight is 297 g/mol. The summed E-state index contributed by atoms with van der Waals surface area (Å²) in [6.07, 6.45) is 1.44. The Labute approximate surface area is 127 Å². The Morgan fingerprint density at radius 3 is 2.41 bits per heavy atom. The minimum absolute atomic E-state index is 0.157. The lowest BCUT2D eigenvalue weighted by molar-refractivity contribution is -0.120. The minimum Gasteiger partial charge on any atom is -0.508 e. The lowest BCUT2D eigenvalue weighted by Crippen LogP contribution is -2.34. The highest BCUT2D eigenvalue weighted by atomic mass is 16.3. The number of hydrogen-bond acceptors (Lipinski definition) is 4. The van der Waals surface area contributed by atoms with Crippen LogP contribution in [-0.4, -0.2) is 29.7 Å². The molecule has 0 radical (unpaired) electrons. The maximum absolute atomic E-state index is 11.7. The van der Waals surface area contributed by atoms with Crippen molar-refractivity contribution >= 4 is 18.0 Å². The molecule has 0 fully saturated rings. The van der Waals surface area contributed by atoms with E-state index in [1.165, 1.54) is 18.3 Å². The van der Waals surface area contributed by atoms with Gasteiger partial charge in [-0.15, -0.1) is 0 Å². The molecule has 2 aromatic carbocycles. The van der Waals surface area contributed by atoms with Crippen LogP contribution >= 0.6 is 0 Å². The summed E-state index contributed by atoms with van der Waals surface area (Å²) < 4.78 is 0. The van der Waals surface area contributed by atoms with Gasteiger partial charge in [0.1, 0.15) is 5.75 Å². The van der Waals surface area contributed by atoms with Gasteiger partial charge in [-0.3, -0.25) is 9.59 Å². The van der Waals surface area contributed by atoms with Crippen molar-refractivity contribution in [2.75, 3.05) is 6.54 Å². The zero-order chi connectivity index (χ0) is 15.8. The predicted molar refractivity (Wildman–Crippen MR) is 82.6 cm³/mol. The molecule has 3 N–H and O–H groups in total. The Hall–Kier alpha value is -3.15. The zero-order valence-corrected chi connectivity index (χ0v) is 11.7. The highest BCUT2D eigenvalue weighted by molar-refractivity contribution is 5.96. The number of amides is 2. The summed E-state index contributed by atoms with van der Waals surface area (Å²) in [7, 11) is 0. The summed E-state index contributed by atoms with van der Waals surface area (Å²) in [4.78, 5) is 23.3. The molecule has 2 rings (SSSR count). The Balaban J connectivity index is 1.76. The Bertz CT molecular complexity index is 667. The van der Waals surface area contributed by atoms with Crippen LogP contribution < -0.4 is 10.7 Å². The number of aromatic hydroxyl groups is 1. The van der Waals surface area contributed by atoms with Crippen LogP contribution in [0.4, 0.5) is 0 Å². The molecular formula is C16H15N3O3. The summed E-state index contributed by atoms with van der Waals surface area (Å²) in [5, 5.41) is 15.4. The van der Waals surface area contributed by atoms with Gasteiger partial charge in [-0.25, -0.2) is 5.43 Å². The number of carbonyl (C=O) groups is 2. The molecular weight excluding hydrogens is 282 g/mol. The van der Waals surface area contributed by atoms with Gasteiger partial charge in [-0.2, -0.15) is 5.10 Å². The number of nitrogens with one attached hydrogen (secondary N) is 2. The van der Waals surface area contributed by atoms with Gasteiger partial charge in [0, 0.05) is 5.56 Å². The van der Waals surface area contributed by atoms with Crippen molar-refractivity contribution in [3.8, 4) is 5.75 Å². The third kappa shape index (κ3) is 4.75. The van der Waals surface area contributed by atoms with Gasteiger partial charge in [0.2, 0.25) is 0 Å². The van der Waals surface area contributed by atoms with Crippen LogP contribution in [0.1, 0.15) is 15.9 Å². The standard InChI is InChI=1S/C16H15N3O3/c20-14-8-6-12(7-9-14)10-18-19-15(21)11-17-16(22)13-4-2-1-3-5-13/h1-10,20H,11H2,(H,17,22)(H,19,21)/b18-10-. The van der Waals surface area contributed by atoms with Crippen LogP contribution in [0.2, 0.25) is 0 Å². The van der Waals surface area contributed by atoms with Crippen LogP contribution in [0.15, 0.2) is 59.7 Å². The topological polar surface area (TPSA) is 90.8 Å². The molecule has 6 heteroatoms. The van der Waals surface area contributed by atoms with Gasteiger partial charge in [0.15, 0.2) is 0 Å². The van der Waals surface area contributed by atoms with Crippen LogP contribution in [0.25, 0.3) is 0 Å². The number of benzene rings is 2. The number of hydrogen-bond donors (Lipinski definition) is 3. The SMILES string of the molecule is O=C(CNC(=O)c1ccccc1)N/N=C\c1ccc(O)cc1. The molecule has 0 aliphatic heterocycles. The second kappa shape index (κ2) is 7.58. The van der Waals surface area contributed by atoms with Crippen molar-refractivity contribution in [1.29, 1.82) is 0 Å². The van der Waals surface area contributed by atoms with Crippen molar-refractivity contribution in [2.45, 2.75) is 0 Å². The monoisotopic (exact) mass is 297 g/mol. The molecule has 0 aliphatic carbocycles. The van der Waals surface area contributed by atoms with Crippen molar-refractivity contribution in [1.82, 2.24) is 10.7 Å². The quantitative estimate of drug-likeness (QED) is 0.573. The first-order valence-electron chi connectivity index (χ1n) is 6.59. The van der Waals surface area contributed by atoms with E-state index in [-0.39, 0.29) is 18.2 Å². The molecule has 0 saturated heterocycles. The van der Waals surface area contributed by atoms with Crippen molar-refractivity contribution in [3.05, 3.63) is 65.7 Å². The smallest absolute Gasteiger partial charge is 0.259 e. The molecule has 6 nitrogen and oxygen atoms in total. The number of nitrogens with zero attached hydrogens (tertiary/aromatic N) is 1. The zero-order valence-electron chi connectivity index (χ0n) is 11.7. The van der Waals surface area contributed by atoms with Crippen molar-refractivity contribution < 1.29 is 14.7 Å². The number of hydrazone groups is 1. The number of carbonyl (C=O) groups excluding carboxylic acids is 2. The van der Waals surface area contributed by atoms with E-state index in [4.69, 9.17) is 5.11 Å². The van der Waals surface area contributed by atoms with Gasteiger partial charge in [0.05, 0.1) is 12.8 Å². The van der Waals surface area contributed by atoms with Gasteiger partial charge < -0.3 is 10.4 Å². The molecule has 0 spiro atoms. The first-order valence-corrected chi connectivity index (χ1v) is 6.59. The Morgan fingerprint density at radius 2 is 1.73 bits per heavy atom. The van der Waals surface area contributed by atoms with Crippen LogP contribution in [0.3, 0.4) is 0 Å². The van der Waals surface area contributed by atoms with E-state index in [1.807, 2.05) is 6.07 Å². The number of phenols is 1. The molecule has 2 aromatic rings. The summed E-state index contributed by atoms with van der Waals surface area (Å²) in [5.41, 5.74) is 3.52. The van der Waals surface area contributed by atoms with Gasteiger partial charge in [-0.05, 0) is 42.0 Å². The maximum atomic E-state index is 11.7. The predicted octanol–water partition coefficient (Wildman–Crippen LogP) is 1.27. The molecule has 112 valence electrons. The largest absolute Gasteiger partial charge is 0.508 e. The summed E-state index contributed by atoms with van der Waals surface area (Å²) >= 11 is 0. The molecule has 0 atom stereocenters. The highest BCUT2D eigenvalue weighted by Crippen LogP contribution is 2.07. The average Bonchev–Trinajstić information content (AvgIpc) is 2.55. The van der Waals surface area contributed by atoms with E-state index < -0.39 is 5.91 Å². The second-order valence-corrected chi connectivity index (χ2v) is 4.43. The van der Waals surface area contributed by atoms with E-state index in [1.54, 1.807) is 36.4 Å². The summed E-state index contributed by atoms with van der Waals surface area (Å²) in [6.45, 7) is -0.166. The van der Waals surface area contributed by atoms with Gasteiger partial charge in [0.25, 0.3) is 11.8 Å². The van der Waals surface area contributed by atoms with Crippen molar-refractivity contribution in [2.24, 2.45) is 5.10 Å². The lowest BCUT2D eigenvalue weighted by atomic mass is 10.2. The first kappa shape index (κ1) is 15.2. The number of rotatable bonds is 5. The molecule has 22 heavy (non-hydrogen) atoms. The van der Waals surface area contributed by atoms with Crippen LogP contribution in [0.5, 0.6) is 5.75 Å². The Kier molecular flexibility index (Phi) is 5.25. The van der Waals surface area contributed by atoms with Gasteiger partial charge >= 0.3 is 0 Å². The molecule has 0 bridgehead atoms. The van der Waals surface area contributed by atoms with Crippen LogP contribution in [-0.2, 0) is 4.79 Å². The van der Waals surface area contributed by atoms with E-state index >= 15 is 0 Å². The van der Waals surface area contributed by atoms with Crippen LogP contribution in [0, 0.1) is 0 Å². The molecule has 0 aliphatic rings. The van der Waals surface area contributed by atoms with Gasteiger partial charge in [-0.1, -0.05) is 18.2 Å². The fourth-order valence-corrected chi connectivity index (χ4v) is 1.63. The molecule has 0 heterocycles. The maximum Gasteiger partial charge on any atom is 0.259 e. The van der Waals surface area contributed by atoms with E-state index in [0.29, 0.717) is 5.56 Å². The van der Waals surface area contributed by atoms with E-state index in [0.717, 1.165) is 5.56 Å².